The number of anilines is 1. The Morgan fingerprint density at radius 3 is 2.32 bits per heavy atom. The van der Waals surface area contributed by atoms with Crippen LogP contribution in [0.5, 0.6) is 5.75 Å². The van der Waals surface area contributed by atoms with Gasteiger partial charge in [0, 0.05) is 11.4 Å². The Labute approximate surface area is 201 Å². The van der Waals surface area contributed by atoms with Gasteiger partial charge < -0.3 is 10.1 Å². The number of benzene rings is 3. The number of nitrogens with zero attached hydrogens (tertiary/aromatic N) is 3. The van der Waals surface area contributed by atoms with Crippen molar-refractivity contribution < 1.29 is 14.3 Å². The smallest absolute Gasteiger partial charge is 0.325 e. The van der Waals surface area contributed by atoms with Crippen LogP contribution in [-0.4, -0.2) is 32.5 Å². The van der Waals surface area contributed by atoms with Crippen LogP contribution in [0.2, 0.25) is 0 Å². The molecule has 3 amide bonds. The molecule has 0 bridgehead atoms. The van der Waals surface area contributed by atoms with Gasteiger partial charge in [-0.05, 0) is 42.8 Å². The molecule has 8 nitrogen and oxygen atoms in total. The quantitative estimate of drug-likeness (QED) is 0.363. The highest BCUT2D eigenvalue weighted by Gasteiger charge is 2.17. The molecule has 0 radical (unpaired) electrons. The summed E-state index contributed by atoms with van der Waals surface area (Å²) in [4.78, 5) is 24.4. The van der Waals surface area contributed by atoms with Crippen molar-refractivity contribution in [3.8, 4) is 11.4 Å². The van der Waals surface area contributed by atoms with E-state index in [-0.39, 0.29) is 12.4 Å². The fourth-order valence-electron chi connectivity index (χ4n) is 3.16. The lowest BCUT2D eigenvalue weighted by molar-refractivity contribution is -0.117. The van der Waals surface area contributed by atoms with Crippen molar-refractivity contribution in [2.75, 3.05) is 11.1 Å². The Kier molecular flexibility index (Phi) is 7.56. The van der Waals surface area contributed by atoms with Gasteiger partial charge in [0.2, 0.25) is 5.91 Å². The first-order valence-corrected chi connectivity index (χ1v) is 11.6. The Balaban J connectivity index is 1.43. The molecule has 34 heavy (non-hydrogen) atoms. The van der Waals surface area contributed by atoms with E-state index in [1.54, 1.807) is 24.3 Å². The van der Waals surface area contributed by atoms with Gasteiger partial charge in [-0.1, -0.05) is 66.4 Å². The van der Waals surface area contributed by atoms with Gasteiger partial charge in [-0.15, -0.1) is 10.2 Å². The Bertz CT molecular complexity index is 1260. The second-order valence-corrected chi connectivity index (χ2v) is 8.22. The molecule has 0 saturated carbocycles. The summed E-state index contributed by atoms with van der Waals surface area (Å²) in [6.07, 6.45) is 0. The van der Waals surface area contributed by atoms with E-state index in [0.717, 1.165) is 17.0 Å². The predicted octanol–water partition coefficient (Wildman–Crippen LogP) is 4.60. The zero-order valence-corrected chi connectivity index (χ0v) is 19.3. The van der Waals surface area contributed by atoms with Crippen molar-refractivity contribution >= 4 is 29.4 Å². The maximum Gasteiger partial charge on any atom is 0.325 e. The molecule has 0 spiro atoms. The lowest BCUT2D eigenvalue weighted by Gasteiger charge is -2.12. The molecule has 0 aliphatic carbocycles. The van der Waals surface area contributed by atoms with Crippen LogP contribution in [0.15, 0.2) is 90.1 Å². The fraction of sp³-hybridized carbons (Fsp3) is 0.120. The molecule has 0 saturated heterocycles. The number of hydrogen-bond acceptors (Lipinski definition) is 6. The highest BCUT2D eigenvalue weighted by atomic mass is 32.2. The summed E-state index contributed by atoms with van der Waals surface area (Å²) >= 11 is 1.19. The first kappa shape index (κ1) is 23.1. The van der Waals surface area contributed by atoms with Crippen molar-refractivity contribution in [3.05, 3.63) is 96.3 Å². The molecule has 172 valence electrons. The highest BCUT2D eigenvalue weighted by molar-refractivity contribution is 7.99. The third-order valence-electron chi connectivity index (χ3n) is 4.78. The van der Waals surface area contributed by atoms with Crippen LogP contribution in [0.25, 0.3) is 5.69 Å². The van der Waals surface area contributed by atoms with E-state index >= 15 is 0 Å². The summed E-state index contributed by atoms with van der Waals surface area (Å²) < 4.78 is 7.82. The van der Waals surface area contributed by atoms with Crippen molar-refractivity contribution in [1.82, 2.24) is 20.1 Å². The molecular formula is C25H23N5O3S. The molecule has 2 N–H and O–H groups in total. The largest absolute Gasteiger partial charge is 0.485 e. The predicted molar refractivity (Wildman–Crippen MR) is 131 cm³/mol. The summed E-state index contributed by atoms with van der Waals surface area (Å²) in [5.41, 5.74) is 2.47. The molecule has 0 aliphatic heterocycles. The minimum atomic E-state index is -0.589. The van der Waals surface area contributed by atoms with Gasteiger partial charge in [-0.2, -0.15) is 0 Å². The molecule has 0 fully saturated rings. The molecule has 4 rings (SSSR count). The average molecular weight is 474 g/mol. The molecule has 4 aromatic rings. The molecule has 0 aliphatic rings. The first-order valence-electron chi connectivity index (χ1n) is 10.6. The van der Waals surface area contributed by atoms with Gasteiger partial charge in [-0.3, -0.25) is 14.7 Å². The number of ether oxygens (including phenoxy) is 1. The topological polar surface area (TPSA) is 98.1 Å². The number of carbonyl (C=O) groups is 2. The van der Waals surface area contributed by atoms with E-state index in [4.69, 9.17) is 4.74 Å². The van der Waals surface area contributed by atoms with Gasteiger partial charge in [0.05, 0.1) is 5.75 Å². The minimum absolute atomic E-state index is 0.00811. The number of thioether (sulfide) groups is 1. The normalized spacial score (nSPS) is 10.5. The number of urea groups is 1. The van der Waals surface area contributed by atoms with Crippen LogP contribution < -0.4 is 15.4 Å². The number of imide groups is 1. The van der Waals surface area contributed by atoms with Gasteiger partial charge in [0.25, 0.3) is 0 Å². The van der Waals surface area contributed by atoms with Gasteiger partial charge in [-0.25, -0.2) is 4.79 Å². The van der Waals surface area contributed by atoms with Crippen LogP contribution in [0.3, 0.4) is 0 Å². The average Bonchev–Trinajstić information content (AvgIpc) is 3.26. The third-order valence-corrected chi connectivity index (χ3v) is 5.71. The van der Waals surface area contributed by atoms with E-state index in [0.29, 0.717) is 16.7 Å². The second kappa shape index (κ2) is 11.2. The third kappa shape index (κ3) is 6.02. The van der Waals surface area contributed by atoms with E-state index in [9.17, 15) is 9.59 Å². The SMILES string of the molecule is Cc1ccccc1OCc1nnc(SCC(=O)NC(=O)Nc2ccccc2)n1-c1ccccc1. The molecule has 1 heterocycles. The summed E-state index contributed by atoms with van der Waals surface area (Å²) in [5.74, 6) is 0.910. The maximum absolute atomic E-state index is 12.3. The number of aromatic nitrogens is 3. The van der Waals surface area contributed by atoms with Crippen LogP contribution >= 0.6 is 11.8 Å². The molecule has 3 aromatic carbocycles. The van der Waals surface area contributed by atoms with E-state index in [1.807, 2.05) is 72.2 Å². The van der Waals surface area contributed by atoms with Crippen LogP contribution in [0.4, 0.5) is 10.5 Å². The zero-order valence-electron chi connectivity index (χ0n) is 18.5. The van der Waals surface area contributed by atoms with Crippen molar-refractivity contribution in [1.29, 1.82) is 0 Å². The lowest BCUT2D eigenvalue weighted by Crippen LogP contribution is -2.35. The Morgan fingerprint density at radius 2 is 1.59 bits per heavy atom. The Hall–Kier alpha value is -4.11. The van der Waals surface area contributed by atoms with E-state index in [2.05, 4.69) is 20.8 Å². The summed E-state index contributed by atoms with van der Waals surface area (Å²) in [6, 6.07) is 25.7. The van der Waals surface area contributed by atoms with Gasteiger partial charge >= 0.3 is 6.03 Å². The van der Waals surface area contributed by atoms with Crippen LogP contribution in [-0.2, 0) is 11.4 Å². The van der Waals surface area contributed by atoms with E-state index < -0.39 is 11.9 Å². The minimum Gasteiger partial charge on any atom is -0.485 e. The Morgan fingerprint density at radius 1 is 0.912 bits per heavy atom. The monoisotopic (exact) mass is 473 g/mol. The van der Waals surface area contributed by atoms with E-state index in [1.165, 1.54) is 11.8 Å². The van der Waals surface area contributed by atoms with Gasteiger partial charge in [0.1, 0.15) is 12.4 Å². The highest BCUT2D eigenvalue weighted by Crippen LogP contribution is 2.24. The number of rotatable bonds is 8. The number of para-hydroxylation sites is 3. The van der Waals surface area contributed by atoms with Crippen LogP contribution in [0.1, 0.15) is 11.4 Å². The molecule has 0 unspecified atom stereocenters. The van der Waals surface area contributed by atoms with Crippen LogP contribution in [0, 0.1) is 6.92 Å². The second-order valence-electron chi connectivity index (χ2n) is 7.28. The number of carbonyl (C=O) groups excluding carboxylic acids is 2. The molecule has 0 atom stereocenters. The summed E-state index contributed by atoms with van der Waals surface area (Å²) in [6.45, 7) is 2.18. The zero-order chi connectivity index (χ0) is 23.8. The fourth-order valence-corrected chi connectivity index (χ4v) is 3.93. The van der Waals surface area contributed by atoms with Crippen molar-refractivity contribution in [3.63, 3.8) is 0 Å². The van der Waals surface area contributed by atoms with Gasteiger partial charge in [0.15, 0.2) is 11.0 Å². The summed E-state index contributed by atoms with van der Waals surface area (Å²) in [5, 5.41) is 14.0. The van der Waals surface area contributed by atoms with Crippen molar-refractivity contribution in [2.45, 2.75) is 18.7 Å². The lowest BCUT2D eigenvalue weighted by atomic mass is 10.2. The van der Waals surface area contributed by atoms with Crippen molar-refractivity contribution in [2.24, 2.45) is 0 Å². The number of hydrogen-bond donors (Lipinski definition) is 2. The first-order chi connectivity index (χ1) is 16.6. The molecule has 1 aromatic heterocycles. The number of nitrogens with one attached hydrogen (secondary N) is 2. The molecule has 9 heteroatoms. The number of amides is 3. The number of aryl methyl sites for hydroxylation is 1. The maximum atomic E-state index is 12.3. The molecular weight excluding hydrogens is 450 g/mol. The summed E-state index contributed by atoms with van der Waals surface area (Å²) in [7, 11) is 0. The standard InChI is InChI=1S/C25H23N5O3S/c1-18-10-8-9-15-21(18)33-16-22-28-29-25(30(22)20-13-6-3-7-14-20)34-17-23(31)27-24(32)26-19-11-4-2-5-12-19/h2-15H,16-17H2,1H3,(H2,26,27,31,32).